The summed E-state index contributed by atoms with van der Waals surface area (Å²) < 4.78 is 0. The maximum absolute atomic E-state index is 13.1. The summed E-state index contributed by atoms with van der Waals surface area (Å²) >= 11 is 1.05. The maximum Gasteiger partial charge on any atom is 0.329 e. The summed E-state index contributed by atoms with van der Waals surface area (Å²) in [6, 6.07) is 12.8. The molecule has 1 atom stereocenters. The van der Waals surface area contributed by atoms with Gasteiger partial charge >= 0.3 is 11.8 Å². The van der Waals surface area contributed by atoms with E-state index >= 15 is 0 Å². The van der Waals surface area contributed by atoms with E-state index in [0.717, 1.165) is 22.5 Å². The zero-order valence-corrected chi connectivity index (χ0v) is 19.8. The van der Waals surface area contributed by atoms with Crippen LogP contribution in [0.25, 0.3) is 11.3 Å². The second-order valence-electron chi connectivity index (χ2n) is 7.49. The lowest BCUT2D eigenvalue weighted by Gasteiger charge is -2.12. The summed E-state index contributed by atoms with van der Waals surface area (Å²) in [7, 11) is 0. The van der Waals surface area contributed by atoms with Crippen LogP contribution in [0, 0.1) is 35.3 Å². The molecule has 3 rings (SSSR count). The number of benzene rings is 2. The van der Waals surface area contributed by atoms with E-state index in [1.54, 1.807) is 23.6 Å². The highest BCUT2D eigenvalue weighted by Crippen LogP contribution is 2.29. The first-order valence-corrected chi connectivity index (χ1v) is 11.1. The number of carbonyl (C=O) groups excluding carboxylic acids is 3. The Morgan fingerprint density at radius 2 is 1.83 bits per heavy atom. The summed E-state index contributed by atoms with van der Waals surface area (Å²) in [5.74, 6) is -4.71. The van der Waals surface area contributed by atoms with Crippen molar-refractivity contribution in [2.45, 2.75) is 19.8 Å². The van der Waals surface area contributed by atoms with Crippen molar-refractivity contribution >= 4 is 46.1 Å². The van der Waals surface area contributed by atoms with E-state index in [0.29, 0.717) is 16.9 Å². The normalized spacial score (nSPS) is 11.8. The Labute approximate surface area is 208 Å². The molecule has 0 bridgehead atoms. The summed E-state index contributed by atoms with van der Waals surface area (Å²) in [4.78, 5) is 50.6. The van der Waals surface area contributed by atoms with Gasteiger partial charge in [0, 0.05) is 28.8 Å². The van der Waals surface area contributed by atoms with Gasteiger partial charge in [-0.15, -0.1) is 11.3 Å². The molecule has 1 aromatic heterocycles. The van der Waals surface area contributed by atoms with Crippen LogP contribution in [0.1, 0.15) is 22.1 Å². The van der Waals surface area contributed by atoms with Gasteiger partial charge in [-0.2, -0.15) is 10.4 Å². The molecule has 1 heterocycles. The number of nitrogens with zero attached hydrogens (tertiary/aromatic N) is 4. The van der Waals surface area contributed by atoms with Crippen molar-refractivity contribution in [3.8, 4) is 17.3 Å². The van der Waals surface area contributed by atoms with Gasteiger partial charge in [0.1, 0.15) is 16.6 Å². The molecule has 0 radical (unpaired) electrons. The summed E-state index contributed by atoms with van der Waals surface area (Å²) in [5, 5.41) is 28.9. The summed E-state index contributed by atoms with van der Waals surface area (Å²) in [6.07, 6.45) is 0. The third kappa shape index (κ3) is 5.93. The third-order valence-electron chi connectivity index (χ3n) is 5.04. The van der Waals surface area contributed by atoms with Gasteiger partial charge in [0.05, 0.1) is 16.7 Å². The first-order chi connectivity index (χ1) is 17.1. The maximum atomic E-state index is 13.1. The van der Waals surface area contributed by atoms with Crippen LogP contribution in [0.5, 0.6) is 0 Å². The highest BCUT2D eigenvalue weighted by atomic mass is 32.1. The molecule has 182 valence electrons. The fourth-order valence-electron chi connectivity index (χ4n) is 2.97. The van der Waals surface area contributed by atoms with Gasteiger partial charge in [0.15, 0.2) is 0 Å². The van der Waals surface area contributed by atoms with E-state index in [2.05, 4.69) is 15.4 Å². The number of carbonyl (C=O) groups is 3. The molecule has 4 N–H and O–H groups in total. The molecule has 0 unspecified atom stereocenters. The number of thiazole rings is 1. The Hall–Kier alpha value is -4.96. The average molecular weight is 506 g/mol. The quantitative estimate of drug-likeness (QED) is 0.190. The molecule has 3 amide bonds. The van der Waals surface area contributed by atoms with Crippen LogP contribution in [-0.2, 0) is 14.4 Å². The van der Waals surface area contributed by atoms with Crippen LogP contribution in [0.3, 0.4) is 0 Å². The highest BCUT2D eigenvalue weighted by Gasteiger charge is 2.29. The number of aryl methyl sites for hydroxylation is 2. The van der Waals surface area contributed by atoms with Gasteiger partial charge in [-0.25, -0.2) is 10.4 Å². The average Bonchev–Trinajstić information content (AvgIpc) is 3.33. The van der Waals surface area contributed by atoms with Gasteiger partial charge in [-0.05, 0) is 49.2 Å². The smallest absolute Gasteiger partial charge is 0.329 e. The lowest BCUT2D eigenvalue weighted by atomic mass is 10.0. The minimum atomic E-state index is -1.32. The number of non-ortho nitro benzene ring substituents is 1. The van der Waals surface area contributed by atoms with Crippen LogP contribution in [0.15, 0.2) is 52.9 Å². The first kappa shape index (κ1) is 25.7. The Kier molecular flexibility index (Phi) is 7.82. The highest BCUT2D eigenvalue weighted by molar-refractivity contribution is 7.10. The lowest BCUT2D eigenvalue weighted by Crippen LogP contribution is -2.36. The van der Waals surface area contributed by atoms with Crippen molar-refractivity contribution in [1.29, 1.82) is 5.26 Å². The Morgan fingerprint density at radius 1 is 1.14 bits per heavy atom. The molecule has 0 saturated heterocycles. The number of primary amides is 1. The number of nitriles is 1. The SMILES string of the molecule is Cc1ccc(NC(=O)/C(=N/NC(=O)C(N)=O)[C@H](C#N)c2nc(-c3ccc([N+](=O)[O-])cc3)cs2)cc1C. The number of hydrogen-bond acceptors (Lipinski definition) is 9. The number of anilines is 1. The number of hydrogen-bond donors (Lipinski definition) is 3. The summed E-state index contributed by atoms with van der Waals surface area (Å²) in [6.45, 7) is 3.77. The number of aromatic nitrogens is 1. The number of nitrogens with one attached hydrogen (secondary N) is 2. The van der Waals surface area contributed by atoms with E-state index in [-0.39, 0.29) is 10.7 Å². The number of nitro benzene ring substituents is 1. The number of amides is 3. The first-order valence-electron chi connectivity index (χ1n) is 10.3. The predicted molar refractivity (Wildman–Crippen MR) is 132 cm³/mol. The van der Waals surface area contributed by atoms with Crippen molar-refractivity contribution in [1.82, 2.24) is 10.4 Å². The molecule has 0 fully saturated rings. The van der Waals surface area contributed by atoms with E-state index < -0.39 is 34.3 Å². The van der Waals surface area contributed by atoms with E-state index in [4.69, 9.17) is 5.73 Å². The molecule has 0 aliphatic heterocycles. The molecule has 13 heteroatoms. The fraction of sp³-hybridized carbons (Fsp3) is 0.130. The summed E-state index contributed by atoms with van der Waals surface area (Å²) in [5.41, 5.74) is 9.63. The van der Waals surface area contributed by atoms with E-state index in [1.165, 1.54) is 24.3 Å². The standard InChI is InChI=1S/C23H19N7O5S/c1-12-3-6-15(9-13(12)2)26-21(32)19(28-29-22(33)20(25)31)17(10-24)23-27-18(11-36-23)14-4-7-16(8-5-14)30(34)35/h3-9,11,17H,1-2H3,(H2,25,31)(H,26,32)(H,29,33)/b28-19+/t17-/m0/s1. The Balaban J connectivity index is 1.95. The van der Waals surface area contributed by atoms with Crippen molar-refractivity contribution in [3.63, 3.8) is 0 Å². The third-order valence-corrected chi connectivity index (χ3v) is 5.95. The molecule has 0 aliphatic rings. The van der Waals surface area contributed by atoms with Gasteiger partial charge in [-0.1, -0.05) is 6.07 Å². The Morgan fingerprint density at radius 3 is 2.42 bits per heavy atom. The van der Waals surface area contributed by atoms with Crippen LogP contribution in [-0.4, -0.2) is 33.3 Å². The number of rotatable bonds is 7. The largest absolute Gasteiger partial charge is 0.361 e. The minimum absolute atomic E-state index is 0.0910. The van der Waals surface area contributed by atoms with Crippen molar-refractivity contribution < 1.29 is 19.3 Å². The molecule has 0 spiro atoms. The molecule has 12 nitrogen and oxygen atoms in total. The number of nitrogens with two attached hydrogens (primary N) is 1. The zero-order valence-electron chi connectivity index (χ0n) is 19.0. The topological polar surface area (TPSA) is 193 Å². The van der Waals surface area contributed by atoms with Crippen LogP contribution < -0.4 is 16.5 Å². The van der Waals surface area contributed by atoms with E-state index in [9.17, 15) is 29.8 Å². The molecule has 3 aromatic rings. The van der Waals surface area contributed by atoms with Gasteiger partial charge in [0.2, 0.25) is 0 Å². The minimum Gasteiger partial charge on any atom is -0.361 e. The van der Waals surface area contributed by atoms with Gasteiger partial charge in [0.25, 0.3) is 11.6 Å². The van der Waals surface area contributed by atoms with Crippen molar-refractivity contribution in [2.75, 3.05) is 5.32 Å². The van der Waals surface area contributed by atoms with E-state index in [1.807, 2.05) is 25.3 Å². The van der Waals surface area contributed by atoms with Gasteiger partial charge < -0.3 is 11.1 Å². The number of nitro groups is 1. The van der Waals surface area contributed by atoms with Crippen LogP contribution in [0.2, 0.25) is 0 Å². The lowest BCUT2D eigenvalue weighted by molar-refractivity contribution is -0.384. The molecule has 0 saturated carbocycles. The van der Waals surface area contributed by atoms with Crippen LogP contribution >= 0.6 is 11.3 Å². The van der Waals surface area contributed by atoms with Gasteiger partial charge in [-0.3, -0.25) is 24.5 Å². The van der Waals surface area contributed by atoms with Crippen molar-refractivity contribution in [3.05, 3.63) is 74.1 Å². The Bertz CT molecular complexity index is 1420. The molecule has 0 aliphatic carbocycles. The monoisotopic (exact) mass is 505 g/mol. The fourth-order valence-corrected chi connectivity index (χ4v) is 3.84. The molecular formula is C23H19N7O5S. The second-order valence-corrected chi connectivity index (χ2v) is 8.38. The molecular weight excluding hydrogens is 486 g/mol. The van der Waals surface area contributed by atoms with Crippen molar-refractivity contribution in [2.24, 2.45) is 10.8 Å². The second kappa shape index (κ2) is 11.0. The predicted octanol–water partition coefficient (Wildman–Crippen LogP) is 2.54. The van der Waals surface area contributed by atoms with Crippen LogP contribution in [0.4, 0.5) is 11.4 Å². The number of hydrazone groups is 1. The molecule has 2 aromatic carbocycles. The molecule has 36 heavy (non-hydrogen) atoms. The zero-order chi connectivity index (χ0) is 26.4.